The third kappa shape index (κ3) is 8.74. The normalized spacial score (nSPS) is 14.8. The van der Waals surface area contributed by atoms with Gasteiger partial charge in [0.15, 0.2) is 0 Å². The predicted octanol–water partition coefficient (Wildman–Crippen LogP) is 16.9. The second kappa shape index (κ2) is 17.0. The van der Waals surface area contributed by atoms with Crippen LogP contribution >= 0.6 is 0 Å². The summed E-state index contributed by atoms with van der Waals surface area (Å²) in [5.74, 6) is 0.390. The highest BCUT2D eigenvalue weighted by molar-refractivity contribution is 5.97. The fourth-order valence-corrected chi connectivity index (χ4v) is 9.08. The fraction of sp³-hybridized carbons (Fsp3) is 0.238. The Bertz CT molecular complexity index is 3770. The van der Waals surface area contributed by atoms with Crippen LogP contribution in [0.1, 0.15) is 109 Å². The Morgan fingerprint density at radius 1 is 0.537 bits per heavy atom. The average Bonchev–Trinajstić information content (AvgIpc) is 3.81. The molecule has 0 fully saturated rings. The van der Waals surface area contributed by atoms with Crippen molar-refractivity contribution in [1.82, 2.24) is 14.5 Å². The van der Waals surface area contributed by atoms with Gasteiger partial charge in [0.25, 0.3) is 0 Å². The van der Waals surface area contributed by atoms with E-state index in [1.54, 1.807) is 18.2 Å². The van der Waals surface area contributed by atoms with Crippen LogP contribution in [0.5, 0.6) is 5.75 Å². The summed E-state index contributed by atoms with van der Waals surface area (Å²) in [7, 11) is 0. The molecule has 0 saturated carbocycles. The quantitative estimate of drug-likeness (QED) is 0.173. The summed E-state index contributed by atoms with van der Waals surface area (Å²) >= 11 is 0. The van der Waals surface area contributed by atoms with Crippen molar-refractivity contribution in [3.05, 3.63) is 191 Å². The van der Waals surface area contributed by atoms with Crippen LogP contribution < -0.4 is 0 Å². The second-order valence-corrected chi connectivity index (χ2v) is 20.7. The van der Waals surface area contributed by atoms with Crippen LogP contribution in [0, 0.1) is 20.6 Å². The molecule has 0 radical (unpaired) electrons. The molecule has 0 aliphatic rings. The molecular formula is C63H63N3O. The molecule has 0 bridgehead atoms. The number of hydrogen-bond donors (Lipinski definition) is 1. The maximum absolute atomic E-state index is 12.4. The number of hydrogen-bond acceptors (Lipinski definition) is 3. The molecule has 0 spiro atoms. The molecule has 4 nitrogen and oxygen atoms in total. The van der Waals surface area contributed by atoms with E-state index in [2.05, 4.69) is 77.9 Å². The van der Waals surface area contributed by atoms with Gasteiger partial charge in [0.05, 0.1) is 33.5 Å². The highest BCUT2D eigenvalue weighted by Gasteiger charge is 2.28. The van der Waals surface area contributed by atoms with E-state index in [9.17, 15) is 9.22 Å². The minimum Gasteiger partial charge on any atom is -0.507 e. The first-order chi connectivity index (χ1) is 35.9. The summed E-state index contributed by atoms with van der Waals surface area (Å²) < 4.78 is 88.3. The van der Waals surface area contributed by atoms with Crippen molar-refractivity contribution in [1.29, 1.82) is 0 Å². The number of phenolic OH excluding ortho intramolecular Hbond substituents is 1. The number of aromatic nitrogens is 3. The van der Waals surface area contributed by atoms with Gasteiger partial charge in [-0.25, -0.2) is 4.98 Å². The fourth-order valence-electron chi connectivity index (χ4n) is 9.08. The Kier molecular flexibility index (Phi) is 8.70. The van der Waals surface area contributed by atoms with Gasteiger partial charge in [0.1, 0.15) is 11.6 Å². The van der Waals surface area contributed by atoms with E-state index in [-0.39, 0.29) is 22.3 Å². The Labute approximate surface area is 412 Å². The number of phenols is 1. The maximum atomic E-state index is 12.4. The van der Waals surface area contributed by atoms with Crippen molar-refractivity contribution in [2.45, 2.75) is 99.2 Å². The van der Waals surface area contributed by atoms with E-state index in [1.807, 2.05) is 105 Å². The largest absolute Gasteiger partial charge is 0.507 e. The summed E-state index contributed by atoms with van der Waals surface area (Å²) in [6.07, 6.45) is 1.53. The Morgan fingerprint density at radius 3 is 1.96 bits per heavy atom. The lowest BCUT2D eigenvalue weighted by molar-refractivity contribution is 0.448. The number of aromatic hydroxyl groups is 1. The number of aryl methyl sites for hydroxylation is 2. The van der Waals surface area contributed by atoms with Gasteiger partial charge in [-0.1, -0.05) is 171 Å². The predicted molar refractivity (Wildman–Crippen MR) is 283 cm³/mol. The number of benzene rings is 7. The molecule has 0 unspecified atom stereocenters. The summed E-state index contributed by atoms with van der Waals surface area (Å²) in [6.45, 7) is 15.4. The molecule has 4 heteroatoms. The van der Waals surface area contributed by atoms with Crippen LogP contribution in [-0.4, -0.2) is 19.6 Å². The third-order valence-corrected chi connectivity index (χ3v) is 12.6. The van der Waals surface area contributed by atoms with E-state index >= 15 is 0 Å². The van der Waals surface area contributed by atoms with Gasteiger partial charge in [-0.3, -0.25) is 9.55 Å². The summed E-state index contributed by atoms with van der Waals surface area (Å²) in [4.78, 5) is 10.2. The number of para-hydroxylation sites is 1. The zero-order valence-corrected chi connectivity index (χ0v) is 40.0. The standard InChI is InChI=1S/C63H63N3O/c1-39-24-26-42(27-25-39)44-30-31-64-54(38-44)47-35-46(36-48(37-47)61(4,5)6)50-21-17-23-56-58(50)65-60(51-32-40(2)33-53(59(51)67)63(10,11)12)66(56)55-29-28-45(34-41(55)3)57-49(43-18-14-13-15-19-43)20-16-22-52(57)62(7,8)9/h13-38,67H,1-12H3/i1D3,3D3,24D,25D,26D,27D. The molecule has 9 aromatic rings. The van der Waals surface area contributed by atoms with E-state index in [1.165, 1.54) is 6.20 Å². The molecule has 2 aromatic heterocycles. The minimum absolute atomic E-state index is 0.0395. The highest BCUT2D eigenvalue weighted by atomic mass is 16.3. The molecule has 7 aromatic carbocycles. The van der Waals surface area contributed by atoms with Gasteiger partial charge >= 0.3 is 0 Å². The molecular weight excluding hydrogens is 815 g/mol. The first-order valence-electron chi connectivity index (χ1n) is 27.8. The smallest absolute Gasteiger partial charge is 0.149 e. The number of imidazole rings is 1. The topological polar surface area (TPSA) is 50.9 Å². The molecule has 1 N–H and O–H groups in total. The Balaban J connectivity index is 1.32. The molecule has 9 rings (SSSR count). The maximum Gasteiger partial charge on any atom is 0.149 e. The van der Waals surface area contributed by atoms with Crippen molar-refractivity contribution < 1.29 is 18.8 Å². The highest BCUT2D eigenvalue weighted by Crippen LogP contribution is 2.45. The number of nitrogens with zero attached hydrogens (tertiary/aromatic N) is 3. The molecule has 336 valence electrons. The molecule has 0 aliphatic carbocycles. The van der Waals surface area contributed by atoms with E-state index in [4.69, 9.17) is 19.6 Å². The lowest BCUT2D eigenvalue weighted by atomic mass is 9.78. The van der Waals surface area contributed by atoms with Crippen LogP contribution in [0.2, 0.25) is 0 Å². The van der Waals surface area contributed by atoms with Crippen molar-refractivity contribution in [2.75, 3.05) is 0 Å². The SMILES string of the molecule is [2H]c1c([2H])c(C([2H])([2H])[2H])c([2H])c([2H])c1-c1ccnc(-c2cc(-c3cccc4c3nc(-c3cc(C)cc(C(C)(C)C)c3O)n4-c3ccc(-c4c(-c5ccccc5)cccc4C(C)(C)C)cc3C([2H])([2H])[2H])cc(C(C)(C)C)c2)c1. The molecule has 67 heavy (non-hydrogen) atoms. The van der Waals surface area contributed by atoms with Crippen LogP contribution in [-0.2, 0) is 16.2 Å². The molecule has 2 heterocycles. The molecule has 0 aliphatic heterocycles. The van der Waals surface area contributed by atoms with E-state index in [0.717, 1.165) is 44.5 Å². The Morgan fingerprint density at radius 2 is 1.25 bits per heavy atom. The first-order valence-corrected chi connectivity index (χ1v) is 22.8. The molecule has 0 atom stereocenters. The second-order valence-electron chi connectivity index (χ2n) is 20.7. The first kappa shape index (κ1) is 34.3. The van der Waals surface area contributed by atoms with Crippen LogP contribution in [0.15, 0.2) is 158 Å². The third-order valence-electron chi connectivity index (χ3n) is 12.6. The number of rotatable bonds is 7. The Hall–Kier alpha value is -7.04. The van der Waals surface area contributed by atoms with Crippen molar-refractivity contribution >= 4 is 11.0 Å². The average molecular weight is 888 g/mol. The number of fused-ring (bicyclic) bond motifs is 1. The monoisotopic (exact) mass is 888 g/mol. The molecule has 0 amide bonds. The number of pyridine rings is 1. The van der Waals surface area contributed by atoms with E-state index < -0.39 is 54.3 Å². The summed E-state index contributed by atoms with van der Waals surface area (Å²) in [5, 5.41) is 12.4. The van der Waals surface area contributed by atoms with Gasteiger partial charge in [-0.15, -0.1) is 0 Å². The van der Waals surface area contributed by atoms with Gasteiger partial charge in [0, 0.05) is 31.1 Å². The van der Waals surface area contributed by atoms with Gasteiger partial charge < -0.3 is 5.11 Å². The van der Waals surface area contributed by atoms with E-state index in [0.29, 0.717) is 56.1 Å². The van der Waals surface area contributed by atoms with Gasteiger partial charge in [-0.05, 0) is 147 Å². The zero-order chi connectivity index (χ0) is 56.1. The lowest BCUT2D eigenvalue weighted by Gasteiger charge is -2.26. The minimum atomic E-state index is -2.85. The zero-order valence-electron chi connectivity index (χ0n) is 50.0. The van der Waals surface area contributed by atoms with Gasteiger partial charge in [0.2, 0.25) is 0 Å². The van der Waals surface area contributed by atoms with Crippen LogP contribution in [0.4, 0.5) is 0 Å². The summed E-state index contributed by atoms with van der Waals surface area (Å²) in [5.41, 5.74) is 10.5. The van der Waals surface area contributed by atoms with Crippen molar-refractivity contribution in [3.63, 3.8) is 0 Å². The van der Waals surface area contributed by atoms with Crippen molar-refractivity contribution in [3.8, 4) is 78.6 Å². The van der Waals surface area contributed by atoms with Crippen LogP contribution in [0.25, 0.3) is 83.9 Å². The van der Waals surface area contributed by atoms with Gasteiger partial charge in [-0.2, -0.15) is 0 Å². The summed E-state index contributed by atoms with van der Waals surface area (Å²) in [6, 6.07) is 38.9. The lowest BCUT2D eigenvalue weighted by Crippen LogP contribution is -2.13. The van der Waals surface area contributed by atoms with Crippen molar-refractivity contribution in [2.24, 2.45) is 0 Å². The molecule has 0 saturated heterocycles. The van der Waals surface area contributed by atoms with Crippen LogP contribution in [0.3, 0.4) is 0 Å².